The Hall–Kier alpha value is 2.55. The molecule has 0 spiro atoms. The summed E-state index contributed by atoms with van der Waals surface area (Å²) in [6.07, 6.45) is 5.11. The average molecular weight is 1680 g/mol. The van der Waals surface area contributed by atoms with E-state index in [0.717, 1.165) is 0 Å². The maximum atomic E-state index is 6.54. The fourth-order valence-corrected chi connectivity index (χ4v) is 112. The number of benzene rings is 2. The third kappa shape index (κ3) is 18.7. The summed E-state index contributed by atoms with van der Waals surface area (Å²) in [6, 6.07) is 14.8. The van der Waals surface area contributed by atoms with Crippen LogP contribution >= 0.6 is 11.1 Å². The maximum absolute atomic E-state index is 6.54. The van der Waals surface area contributed by atoms with Gasteiger partial charge in [-0.15, -0.1) is 11.1 Å². The van der Waals surface area contributed by atoms with Crippen LogP contribution in [0.1, 0.15) is 36.1 Å². The van der Waals surface area contributed by atoms with Gasteiger partial charge in [-0.25, -0.2) is 0 Å². The number of halogens is 1. The smallest absolute Gasteiger partial charge is 0.870 e. The first-order chi connectivity index (χ1) is 41.8. The second-order valence-electron chi connectivity index (χ2n) is 27.3. The minimum Gasteiger partial charge on any atom is -0.870 e. The fourth-order valence-electron chi connectivity index (χ4n) is 13.0. The number of hydrogen-bond donors (Lipinski definition) is 0. The Labute approximate surface area is 595 Å². The summed E-state index contributed by atoms with van der Waals surface area (Å²) in [7, 11) is -56.8. The summed E-state index contributed by atoms with van der Waals surface area (Å²) in [5, 5.41) is 2.99. The summed E-state index contributed by atoms with van der Waals surface area (Å²) >= 11 is 5.63. The monoisotopic (exact) mass is 1680 g/mol. The molecule has 12 aliphatic heterocycles. The molecule has 2 aromatic carbocycles. The summed E-state index contributed by atoms with van der Waals surface area (Å²) in [5.41, 5.74) is 6.22. The molecule has 1 N–H and O–H groups in total. The zero-order valence-electron chi connectivity index (χ0n) is 59.6. The van der Waals surface area contributed by atoms with E-state index in [0.29, 0.717) is 12.1 Å². The van der Waals surface area contributed by atoms with E-state index in [1.165, 1.54) is 42.0 Å². The zero-order chi connectivity index (χ0) is 68.1. The Kier molecular flexibility index (Phi) is 24.0. The van der Waals surface area contributed by atoms with Crippen LogP contribution in [0.4, 0.5) is 0 Å². The summed E-state index contributed by atoms with van der Waals surface area (Å²) in [5.74, 6) is 0. The third-order valence-corrected chi connectivity index (χ3v) is 97.2. The number of aryl methyl sites for hydroxylation is 4. The molecule has 12 saturated heterocycles. The quantitative estimate of drug-likeness (QED) is 0.246. The van der Waals surface area contributed by atoms with Crippen molar-refractivity contribution >= 4 is 196 Å². The molecule has 0 amide bonds. The molecule has 2 aliphatic carbocycles. The van der Waals surface area contributed by atoms with Crippen molar-refractivity contribution in [1.29, 1.82) is 0 Å². The van der Waals surface area contributed by atoms with Crippen LogP contribution in [0, 0.1) is 0 Å². The Balaban J connectivity index is 0.000000163. The van der Waals surface area contributed by atoms with Gasteiger partial charge in [0.1, 0.15) is 0 Å². The molecule has 12 fully saturated rings. The molecule has 530 valence electrons. The van der Waals surface area contributed by atoms with Crippen LogP contribution in [-0.4, -0.2) is 194 Å². The summed E-state index contributed by atoms with van der Waals surface area (Å²) < 4.78 is 172. The molecular formula is C44H97ClLiO28Si20-. The van der Waals surface area contributed by atoms with Gasteiger partial charge in [-0.2, -0.15) is 18.3 Å². The first-order valence-electron chi connectivity index (χ1n) is 31.1. The van der Waals surface area contributed by atoms with Crippen molar-refractivity contribution in [2.75, 3.05) is 14.2 Å². The fraction of sp³-hybridized carbons (Fsp3) is 0.727. The molecule has 0 aromatic heterocycles. The zero-order valence-corrected chi connectivity index (χ0v) is 80.3. The van der Waals surface area contributed by atoms with Crippen LogP contribution in [-0.2, 0) is 137 Å². The van der Waals surface area contributed by atoms with Crippen molar-refractivity contribution in [3.8, 4) is 0 Å². The van der Waals surface area contributed by atoms with E-state index in [2.05, 4.69) is 75.7 Å². The van der Waals surface area contributed by atoms with Gasteiger partial charge >= 0.3 is 168 Å². The van der Waals surface area contributed by atoms with E-state index in [1.807, 2.05) is 26.9 Å². The summed E-state index contributed by atoms with van der Waals surface area (Å²) in [6.45, 7) is 45.8. The van der Waals surface area contributed by atoms with Gasteiger partial charge < -0.3 is 117 Å². The standard InChI is InChI=1S/C13H22O2Si2.C10H13Si.2C9H26O12Si8.C3H9ClOSi.Li.H2O/c1-14-17(4,5)15-16(2,3)13-9-8-11-6-7-12(11)10-13;1-11(2)10-6-5-8-3-4-9(8)7-10;2*1-9-29-19-26(6)13-23(3)10-22(2)11-24(4,15-26)17-28(8,21-29)18-25(5,12-22)16-27(7,14-23)20-29;1-5-6(2,3)4;;/h8-10H,6-7H2,1-5H3;5-7H,3-4H2,1-2H3;2*9H2,1-8H3;1-3H3;;1H2/q;-1;;;;+1;/p-1. The van der Waals surface area contributed by atoms with Crippen molar-refractivity contribution in [2.24, 2.45) is 0 Å². The molecule has 12 heterocycles. The van der Waals surface area contributed by atoms with Gasteiger partial charge in [0.15, 0.2) is 0 Å². The third-order valence-electron chi connectivity index (χ3n) is 16.1. The van der Waals surface area contributed by atoms with E-state index < -0.39 is 165 Å². The molecule has 50 heteroatoms. The Morgan fingerprint density at radius 3 is 0.777 bits per heavy atom. The molecule has 94 heavy (non-hydrogen) atoms. The first-order valence-corrected chi connectivity index (χ1v) is 78.3. The predicted octanol–water partition coefficient (Wildman–Crippen LogP) is 5.10. The minimum absolute atomic E-state index is 0. The van der Waals surface area contributed by atoms with Crippen LogP contribution < -0.4 is 29.2 Å². The molecule has 14 aliphatic rings. The number of rotatable bonds is 8. The molecule has 2 aromatic rings. The van der Waals surface area contributed by atoms with Crippen LogP contribution in [0.3, 0.4) is 0 Å². The number of hydrogen-bond acceptors (Lipinski definition) is 28. The Bertz CT molecular complexity index is 2780. The summed E-state index contributed by atoms with van der Waals surface area (Å²) in [4.78, 5) is 0. The predicted molar refractivity (Wildman–Crippen MR) is 381 cm³/mol. The van der Waals surface area contributed by atoms with Crippen molar-refractivity contribution < 1.29 is 136 Å². The SMILES string of the molecule is CC[Si]12O[Si]3(C)O[Si]4(C)O[Si]5(C)O[Si](C)(O3)O[Si](C)(O[Si](C)(O5)O[Si](C)(O4)O1)O2.CC[Si]12O[Si]3(C)O[Si]4(C)O[Si]5(C)O[Si](C)(O3)O[Si](C)(O[Si](C)(O5)O[Si](C)(O4)O1)O2.CO[Si](C)(C)Cl.CO[Si](C)(C)O[Si](C)(C)c1ccc2c(c1)CC2.C[Si-](C)c1ccc2c(c1)CC2.[Li+].[OH-]. The van der Waals surface area contributed by atoms with Crippen molar-refractivity contribution in [1.82, 2.24) is 0 Å². The van der Waals surface area contributed by atoms with Gasteiger partial charge in [-0.05, 0) is 92.4 Å². The van der Waals surface area contributed by atoms with Crippen LogP contribution in [0.25, 0.3) is 0 Å². The second-order valence-corrected chi connectivity index (χ2v) is 91.3. The molecular weight excluding hydrogens is 1580 g/mol. The van der Waals surface area contributed by atoms with Gasteiger partial charge in [0, 0.05) is 118 Å². The molecule has 0 unspecified atom stereocenters. The van der Waals surface area contributed by atoms with Crippen LogP contribution in [0.5, 0.6) is 0 Å². The van der Waals surface area contributed by atoms with Gasteiger partial charge in [0.25, 0.3) is 7.63 Å². The van der Waals surface area contributed by atoms with E-state index in [4.69, 9.17) is 123 Å². The molecule has 0 saturated carbocycles. The average Bonchev–Trinajstić information content (AvgIpc) is 0.707. The van der Waals surface area contributed by atoms with E-state index in [-0.39, 0.29) is 33.1 Å². The van der Waals surface area contributed by atoms with Crippen LogP contribution in [0.15, 0.2) is 36.4 Å². The van der Waals surface area contributed by atoms with Gasteiger partial charge in [0.05, 0.1) is 0 Å². The normalized spacial score (nSPS) is 44.7. The van der Waals surface area contributed by atoms with Gasteiger partial charge in [0.2, 0.25) is 8.32 Å². The van der Waals surface area contributed by atoms with E-state index in [1.54, 1.807) is 122 Å². The topological polar surface area (TPSA) is 279 Å². The molecule has 16 bridgehead atoms. The largest absolute Gasteiger partial charge is 1.00 e. The second kappa shape index (κ2) is 27.4. The van der Waals surface area contributed by atoms with Crippen molar-refractivity contribution in [3.05, 3.63) is 58.7 Å². The van der Waals surface area contributed by atoms with Gasteiger partial charge in [-0.3, -0.25) is 8.80 Å². The number of fused-ring (bicyclic) bond motifs is 2. The minimum atomic E-state index is -3.42. The molecule has 0 radical (unpaired) electrons. The maximum Gasteiger partial charge on any atom is 1.00 e. The molecule has 0 atom stereocenters. The van der Waals surface area contributed by atoms with E-state index in [9.17, 15) is 0 Å². The first kappa shape index (κ1) is 82.2. The van der Waals surface area contributed by atoms with Crippen molar-refractivity contribution in [3.63, 3.8) is 0 Å². The Morgan fingerprint density at radius 2 is 0.596 bits per heavy atom. The Morgan fingerprint density at radius 1 is 0.372 bits per heavy atom. The van der Waals surface area contributed by atoms with Crippen LogP contribution in [0.2, 0.25) is 156 Å². The van der Waals surface area contributed by atoms with Gasteiger partial charge in [-0.1, -0.05) is 50.2 Å². The molecule has 16 rings (SSSR count). The van der Waals surface area contributed by atoms with Crippen molar-refractivity contribution in [2.45, 2.75) is 196 Å². The molecule has 28 nitrogen and oxygen atoms in total. The van der Waals surface area contributed by atoms with E-state index >= 15 is 0 Å².